The lowest BCUT2D eigenvalue weighted by atomic mass is 10.2. The number of para-hydroxylation sites is 2. The number of nitrogens with two attached hydrogens (primary N) is 1. The van der Waals surface area contributed by atoms with Crippen molar-refractivity contribution in [1.82, 2.24) is 29.3 Å². The van der Waals surface area contributed by atoms with Crippen LogP contribution in [0.15, 0.2) is 69.3 Å². The first-order valence-electron chi connectivity index (χ1n) is 10.1. The minimum atomic E-state index is -0.748. The molecule has 2 aromatic heterocycles. The Morgan fingerprint density at radius 2 is 1.79 bits per heavy atom. The van der Waals surface area contributed by atoms with Crippen LogP contribution in [-0.2, 0) is 13.6 Å². The Morgan fingerprint density at radius 3 is 2.53 bits per heavy atom. The molecule has 0 fully saturated rings. The second-order valence-electron chi connectivity index (χ2n) is 7.24. The molecule has 0 amide bonds. The summed E-state index contributed by atoms with van der Waals surface area (Å²) in [5.74, 6) is -0.334. The van der Waals surface area contributed by atoms with E-state index in [2.05, 4.69) is 15.5 Å². The minimum Gasteiger partial charge on any atom is -0.494 e. The maximum atomic E-state index is 13.1. The molecule has 0 atom stereocenters. The minimum absolute atomic E-state index is 0.124. The molecule has 2 aromatic carbocycles. The highest BCUT2D eigenvalue weighted by atomic mass is 32.2. The number of methoxy groups -OCH3 is 1. The van der Waals surface area contributed by atoms with Crippen LogP contribution in [-0.4, -0.2) is 48.0 Å². The van der Waals surface area contributed by atoms with Crippen molar-refractivity contribution < 1.29 is 9.53 Å². The number of ketones is 1. The number of tetrazole rings is 1. The van der Waals surface area contributed by atoms with Gasteiger partial charge >= 0.3 is 5.69 Å². The third-order valence-corrected chi connectivity index (χ3v) is 6.05. The van der Waals surface area contributed by atoms with Crippen molar-refractivity contribution in [2.75, 3.05) is 18.6 Å². The van der Waals surface area contributed by atoms with Gasteiger partial charge in [0.05, 0.1) is 19.4 Å². The van der Waals surface area contributed by atoms with Crippen molar-refractivity contribution >= 4 is 23.4 Å². The molecule has 11 nitrogen and oxygen atoms in total. The molecule has 174 valence electrons. The van der Waals surface area contributed by atoms with Gasteiger partial charge in [-0.1, -0.05) is 54.2 Å². The van der Waals surface area contributed by atoms with Gasteiger partial charge in [0.15, 0.2) is 5.78 Å². The zero-order valence-electron chi connectivity index (χ0n) is 18.4. The zero-order valence-corrected chi connectivity index (χ0v) is 19.2. The number of ether oxygens (including phenoxy) is 1. The molecular weight excluding hydrogens is 458 g/mol. The Bertz CT molecular complexity index is 1460. The molecule has 0 saturated heterocycles. The number of Topliss-reactive ketones (excluding diaryl/α,β-unsaturated/α-hetero) is 1. The van der Waals surface area contributed by atoms with Gasteiger partial charge in [0.2, 0.25) is 5.16 Å². The Balaban J connectivity index is 1.63. The van der Waals surface area contributed by atoms with E-state index in [1.807, 2.05) is 36.4 Å². The number of benzene rings is 2. The highest BCUT2D eigenvalue weighted by Gasteiger charge is 2.23. The average Bonchev–Trinajstić information content (AvgIpc) is 3.33. The van der Waals surface area contributed by atoms with Crippen LogP contribution in [0.25, 0.3) is 5.69 Å². The van der Waals surface area contributed by atoms with E-state index in [-0.39, 0.29) is 23.7 Å². The summed E-state index contributed by atoms with van der Waals surface area (Å²) in [7, 11) is 2.85. The maximum Gasteiger partial charge on any atom is 0.332 e. The summed E-state index contributed by atoms with van der Waals surface area (Å²) in [5, 5.41) is 12.0. The lowest BCUT2D eigenvalue weighted by molar-refractivity contribution is 0.102. The van der Waals surface area contributed by atoms with Crippen molar-refractivity contribution in [2.24, 2.45) is 7.05 Å². The molecule has 0 radical (unpaired) electrons. The van der Waals surface area contributed by atoms with Gasteiger partial charge in [0.25, 0.3) is 5.56 Å². The highest BCUT2D eigenvalue weighted by molar-refractivity contribution is 7.99. The number of anilines is 1. The van der Waals surface area contributed by atoms with Crippen LogP contribution in [0.2, 0.25) is 0 Å². The van der Waals surface area contributed by atoms with Gasteiger partial charge in [-0.15, -0.1) is 5.10 Å². The van der Waals surface area contributed by atoms with Crippen molar-refractivity contribution in [3.05, 3.63) is 86.6 Å². The van der Waals surface area contributed by atoms with Gasteiger partial charge in [-0.3, -0.25) is 18.7 Å². The summed E-state index contributed by atoms with van der Waals surface area (Å²) in [6.07, 6.45) is 0. The van der Waals surface area contributed by atoms with Crippen LogP contribution >= 0.6 is 11.8 Å². The van der Waals surface area contributed by atoms with Gasteiger partial charge in [-0.2, -0.15) is 4.68 Å². The number of hydrogen-bond donors (Lipinski definition) is 1. The first kappa shape index (κ1) is 23.0. The number of thioether (sulfide) groups is 1. The highest BCUT2D eigenvalue weighted by Crippen LogP contribution is 2.26. The van der Waals surface area contributed by atoms with Gasteiger partial charge in [-0.25, -0.2) is 4.79 Å². The summed E-state index contributed by atoms with van der Waals surface area (Å²) in [4.78, 5) is 38.5. The second-order valence-corrected chi connectivity index (χ2v) is 8.18. The molecule has 4 aromatic rings. The summed E-state index contributed by atoms with van der Waals surface area (Å²) in [5.41, 5.74) is 5.97. The van der Waals surface area contributed by atoms with Crippen molar-refractivity contribution in [1.29, 1.82) is 0 Å². The predicted octanol–water partition coefficient (Wildman–Crippen LogP) is 1.14. The number of nitrogens with zero attached hydrogens (tertiary/aromatic N) is 6. The summed E-state index contributed by atoms with van der Waals surface area (Å²) >= 11 is 1.04. The number of carbonyl (C=O) groups is 1. The average molecular weight is 480 g/mol. The Hall–Kier alpha value is -4.19. The number of nitrogen functional groups attached to an aromatic ring is 1. The topological polar surface area (TPSA) is 140 Å². The lowest BCUT2D eigenvalue weighted by Gasteiger charge is -2.14. The van der Waals surface area contributed by atoms with Crippen molar-refractivity contribution in [2.45, 2.75) is 11.7 Å². The summed E-state index contributed by atoms with van der Waals surface area (Å²) in [6, 6.07) is 16.3. The van der Waals surface area contributed by atoms with Crippen LogP contribution in [0.4, 0.5) is 5.82 Å². The molecular formula is C22H21N7O4S. The molecule has 2 heterocycles. The Kier molecular flexibility index (Phi) is 6.59. The molecule has 12 heteroatoms. The fourth-order valence-corrected chi connectivity index (χ4v) is 4.15. The van der Waals surface area contributed by atoms with Crippen molar-refractivity contribution in [3.8, 4) is 11.4 Å². The number of hydrogen-bond acceptors (Lipinski definition) is 9. The lowest BCUT2D eigenvalue weighted by Crippen LogP contribution is -2.43. The van der Waals surface area contributed by atoms with Crippen molar-refractivity contribution in [3.63, 3.8) is 0 Å². The molecule has 0 aliphatic rings. The van der Waals surface area contributed by atoms with Crippen LogP contribution in [0.5, 0.6) is 5.75 Å². The predicted molar refractivity (Wildman–Crippen MR) is 127 cm³/mol. The smallest absolute Gasteiger partial charge is 0.332 e. The van der Waals surface area contributed by atoms with Crippen LogP contribution in [0.1, 0.15) is 15.9 Å². The van der Waals surface area contributed by atoms with E-state index in [1.165, 1.54) is 23.4 Å². The standard InChI is InChI=1S/C22H21N7O4S/c1-27-20(31)18(19(23)28(22(27)32)12-14-8-4-3-5-9-14)16(30)13-34-21-24-25-26-29(21)15-10-6-7-11-17(15)33-2/h3-11H,12-13,23H2,1-2H3. The monoisotopic (exact) mass is 479 g/mol. The van der Waals surface area contributed by atoms with Gasteiger partial charge < -0.3 is 10.5 Å². The van der Waals surface area contributed by atoms with E-state index in [1.54, 1.807) is 18.2 Å². The molecule has 0 bridgehead atoms. The van der Waals surface area contributed by atoms with Crippen LogP contribution in [0, 0.1) is 0 Å². The number of aromatic nitrogens is 6. The van der Waals surface area contributed by atoms with Crippen LogP contribution in [0.3, 0.4) is 0 Å². The summed E-state index contributed by atoms with van der Waals surface area (Å²) in [6.45, 7) is 0.124. The summed E-state index contributed by atoms with van der Waals surface area (Å²) < 4.78 is 8.89. The molecule has 0 aliphatic heterocycles. The van der Waals surface area contributed by atoms with E-state index in [0.29, 0.717) is 16.6 Å². The molecule has 0 unspecified atom stereocenters. The van der Waals surface area contributed by atoms with Gasteiger partial charge in [0, 0.05) is 7.05 Å². The normalized spacial score (nSPS) is 10.9. The van der Waals surface area contributed by atoms with E-state index in [0.717, 1.165) is 21.9 Å². The van der Waals surface area contributed by atoms with E-state index in [4.69, 9.17) is 10.5 Å². The molecule has 2 N–H and O–H groups in total. The maximum absolute atomic E-state index is 13.1. The Morgan fingerprint density at radius 1 is 1.09 bits per heavy atom. The quantitative estimate of drug-likeness (QED) is 0.291. The van der Waals surface area contributed by atoms with Gasteiger partial charge in [-0.05, 0) is 28.1 Å². The first-order valence-corrected chi connectivity index (χ1v) is 11.1. The fraction of sp³-hybridized carbons (Fsp3) is 0.182. The molecule has 4 rings (SSSR count). The SMILES string of the molecule is COc1ccccc1-n1nnnc1SCC(=O)c1c(N)n(Cc2ccccc2)c(=O)n(C)c1=O. The Labute approximate surface area is 197 Å². The zero-order chi connectivity index (χ0) is 24.2. The fourth-order valence-electron chi connectivity index (χ4n) is 3.39. The van der Waals surface area contributed by atoms with Gasteiger partial charge in [0.1, 0.15) is 22.8 Å². The second kappa shape index (κ2) is 9.75. The number of carbonyl (C=O) groups excluding carboxylic acids is 1. The molecule has 0 aliphatic carbocycles. The first-order chi connectivity index (χ1) is 16.4. The molecule has 0 spiro atoms. The van der Waals surface area contributed by atoms with Crippen LogP contribution < -0.4 is 21.7 Å². The largest absolute Gasteiger partial charge is 0.494 e. The van der Waals surface area contributed by atoms with E-state index < -0.39 is 17.0 Å². The molecule has 34 heavy (non-hydrogen) atoms. The molecule has 0 saturated carbocycles. The van der Waals surface area contributed by atoms with E-state index in [9.17, 15) is 14.4 Å². The third-order valence-electron chi connectivity index (χ3n) is 5.13. The number of rotatable bonds is 8. The van der Waals surface area contributed by atoms with E-state index >= 15 is 0 Å². The third kappa shape index (κ3) is 4.35.